The average molecular weight is 364 g/mol. The van der Waals surface area contributed by atoms with Gasteiger partial charge in [0.25, 0.3) is 0 Å². The second-order valence-corrected chi connectivity index (χ2v) is 7.21. The van der Waals surface area contributed by atoms with Crippen LogP contribution in [0, 0.1) is 0 Å². The highest BCUT2D eigenvalue weighted by Crippen LogP contribution is 2.12. The molecule has 2 heterocycles. The van der Waals surface area contributed by atoms with E-state index in [4.69, 9.17) is 0 Å². The standard InChI is InChI=1S/C19H33N5O2/c1-4-20-19(21-10-13-24-17(25)6-5-7-18(24)26)22-16-8-11-23(12-9-16)14-15(2)3/h16H,2,4-14H2,1,3H3,(H2,20,21,22). The van der Waals surface area contributed by atoms with Gasteiger partial charge in [0.05, 0.1) is 6.54 Å². The molecule has 2 saturated heterocycles. The van der Waals surface area contributed by atoms with Crippen molar-refractivity contribution in [1.82, 2.24) is 20.4 Å². The zero-order chi connectivity index (χ0) is 18.9. The highest BCUT2D eigenvalue weighted by atomic mass is 16.2. The Bertz CT molecular complexity index is 522. The molecule has 2 amide bonds. The fraction of sp³-hybridized carbons (Fsp3) is 0.737. The predicted molar refractivity (Wildman–Crippen MR) is 104 cm³/mol. The number of aliphatic imine (C=N–C) groups is 1. The van der Waals surface area contributed by atoms with Crippen LogP contribution in [0.5, 0.6) is 0 Å². The molecule has 26 heavy (non-hydrogen) atoms. The van der Waals surface area contributed by atoms with Gasteiger partial charge in [0.15, 0.2) is 5.96 Å². The summed E-state index contributed by atoms with van der Waals surface area (Å²) in [5.74, 6) is 0.626. The first kappa shape index (κ1) is 20.4. The van der Waals surface area contributed by atoms with E-state index in [9.17, 15) is 9.59 Å². The van der Waals surface area contributed by atoms with Crippen LogP contribution in [-0.2, 0) is 9.59 Å². The lowest BCUT2D eigenvalue weighted by Crippen LogP contribution is -2.49. The largest absolute Gasteiger partial charge is 0.357 e. The zero-order valence-corrected chi connectivity index (χ0v) is 16.2. The Balaban J connectivity index is 1.80. The molecule has 0 atom stereocenters. The van der Waals surface area contributed by atoms with Crippen LogP contribution >= 0.6 is 0 Å². The number of rotatable bonds is 7. The van der Waals surface area contributed by atoms with Crippen LogP contribution in [0.15, 0.2) is 17.1 Å². The summed E-state index contributed by atoms with van der Waals surface area (Å²) in [5.41, 5.74) is 1.20. The Morgan fingerprint density at radius 1 is 1.23 bits per heavy atom. The molecule has 0 aromatic rings. The van der Waals surface area contributed by atoms with Gasteiger partial charge in [-0.05, 0) is 33.1 Å². The third kappa shape index (κ3) is 6.44. The van der Waals surface area contributed by atoms with Gasteiger partial charge in [0.2, 0.25) is 11.8 Å². The van der Waals surface area contributed by atoms with Gasteiger partial charge in [0.1, 0.15) is 0 Å². The summed E-state index contributed by atoms with van der Waals surface area (Å²) in [6.07, 6.45) is 3.75. The quantitative estimate of drug-likeness (QED) is 0.307. The third-order valence-corrected chi connectivity index (χ3v) is 4.74. The number of amides is 2. The molecule has 2 rings (SSSR count). The molecule has 146 valence electrons. The summed E-state index contributed by atoms with van der Waals surface area (Å²) in [5, 5.41) is 6.75. The van der Waals surface area contributed by atoms with Crippen molar-refractivity contribution in [3.05, 3.63) is 12.2 Å². The molecule has 2 aliphatic heterocycles. The van der Waals surface area contributed by atoms with Crippen LogP contribution < -0.4 is 10.6 Å². The fourth-order valence-electron chi connectivity index (χ4n) is 3.44. The highest BCUT2D eigenvalue weighted by Gasteiger charge is 2.25. The van der Waals surface area contributed by atoms with E-state index in [2.05, 4.69) is 34.0 Å². The summed E-state index contributed by atoms with van der Waals surface area (Å²) < 4.78 is 0. The van der Waals surface area contributed by atoms with E-state index in [0.29, 0.717) is 38.4 Å². The Morgan fingerprint density at radius 2 is 1.88 bits per heavy atom. The first-order valence-electron chi connectivity index (χ1n) is 9.74. The summed E-state index contributed by atoms with van der Waals surface area (Å²) in [6.45, 7) is 12.7. The van der Waals surface area contributed by atoms with Crippen LogP contribution in [0.25, 0.3) is 0 Å². The number of hydrogen-bond acceptors (Lipinski definition) is 4. The van der Waals surface area contributed by atoms with E-state index in [1.54, 1.807) is 0 Å². The molecule has 0 spiro atoms. The molecule has 7 heteroatoms. The molecule has 2 fully saturated rings. The number of carbonyl (C=O) groups is 2. The molecule has 0 bridgehead atoms. The molecular weight excluding hydrogens is 330 g/mol. The second-order valence-electron chi connectivity index (χ2n) is 7.21. The van der Waals surface area contributed by atoms with Crippen molar-refractivity contribution in [2.24, 2.45) is 4.99 Å². The molecule has 2 aliphatic rings. The summed E-state index contributed by atoms with van der Waals surface area (Å²) in [6, 6.07) is 0.396. The van der Waals surface area contributed by atoms with E-state index in [0.717, 1.165) is 45.0 Å². The molecule has 0 radical (unpaired) electrons. The first-order chi connectivity index (χ1) is 12.5. The maximum absolute atomic E-state index is 11.8. The smallest absolute Gasteiger partial charge is 0.229 e. The van der Waals surface area contributed by atoms with Gasteiger partial charge in [-0.2, -0.15) is 0 Å². The zero-order valence-electron chi connectivity index (χ0n) is 16.2. The van der Waals surface area contributed by atoms with Crippen molar-refractivity contribution in [2.75, 3.05) is 39.3 Å². The van der Waals surface area contributed by atoms with E-state index in [1.165, 1.54) is 10.5 Å². The molecule has 2 N–H and O–H groups in total. The number of imide groups is 1. The molecule has 0 aliphatic carbocycles. The van der Waals surface area contributed by atoms with Crippen molar-refractivity contribution >= 4 is 17.8 Å². The van der Waals surface area contributed by atoms with E-state index >= 15 is 0 Å². The monoisotopic (exact) mass is 363 g/mol. The van der Waals surface area contributed by atoms with E-state index < -0.39 is 0 Å². The lowest BCUT2D eigenvalue weighted by molar-refractivity contribution is -0.147. The average Bonchev–Trinajstić information content (AvgIpc) is 2.59. The summed E-state index contributed by atoms with van der Waals surface area (Å²) in [4.78, 5) is 32.0. The number of nitrogens with one attached hydrogen (secondary N) is 2. The van der Waals surface area contributed by atoms with Crippen LogP contribution in [0.1, 0.15) is 46.0 Å². The summed E-state index contributed by atoms with van der Waals surface area (Å²) in [7, 11) is 0. The van der Waals surface area contributed by atoms with Gasteiger partial charge in [-0.3, -0.25) is 24.4 Å². The van der Waals surface area contributed by atoms with Crippen molar-refractivity contribution < 1.29 is 9.59 Å². The van der Waals surface area contributed by atoms with Gasteiger partial charge in [-0.15, -0.1) is 0 Å². The van der Waals surface area contributed by atoms with Crippen LogP contribution in [0.2, 0.25) is 0 Å². The molecule has 0 aromatic heterocycles. The number of carbonyl (C=O) groups excluding carboxylic acids is 2. The molecule has 0 saturated carbocycles. The van der Waals surface area contributed by atoms with E-state index in [1.807, 2.05) is 6.92 Å². The molecule has 7 nitrogen and oxygen atoms in total. The lowest BCUT2D eigenvalue weighted by atomic mass is 10.0. The van der Waals surface area contributed by atoms with Crippen LogP contribution in [0.3, 0.4) is 0 Å². The SMILES string of the molecule is C=C(C)CN1CCC(NC(=NCCN2C(=O)CCCC2=O)NCC)CC1. The number of guanidine groups is 1. The maximum Gasteiger partial charge on any atom is 0.229 e. The topological polar surface area (TPSA) is 77.0 Å². The number of likely N-dealkylation sites (tertiary alicyclic amines) is 2. The fourth-order valence-corrected chi connectivity index (χ4v) is 3.44. The number of nitrogens with zero attached hydrogens (tertiary/aromatic N) is 3. The highest BCUT2D eigenvalue weighted by molar-refractivity contribution is 5.97. The Morgan fingerprint density at radius 3 is 2.46 bits per heavy atom. The minimum absolute atomic E-state index is 0.0701. The minimum atomic E-state index is -0.0701. The Kier molecular flexibility index (Phi) is 8.09. The van der Waals surface area contributed by atoms with Gasteiger partial charge >= 0.3 is 0 Å². The van der Waals surface area contributed by atoms with Crippen molar-refractivity contribution in [3.63, 3.8) is 0 Å². The number of piperidine rings is 2. The van der Waals surface area contributed by atoms with Crippen LogP contribution in [-0.4, -0.2) is 72.9 Å². The van der Waals surface area contributed by atoms with Gasteiger partial charge < -0.3 is 10.6 Å². The van der Waals surface area contributed by atoms with E-state index in [-0.39, 0.29) is 11.8 Å². The van der Waals surface area contributed by atoms with Crippen LogP contribution in [0.4, 0.5) is 0 Å². The first-order valence-corrected chi connectivity index (χ1v) is 9.74. The predicted octanol–water partition coefficient (Wildman–Crippen LogP) is 1.12. The maximum atomic E-state index is 11.8. The third-order valence-electron chi connectivity index (χ3n) is 4.74. The second kappa shape index (κ2) is 10.3. The Labute approximate surface area is 156 Å². The van der Waals surface area contributed by atoms with Gasteiger partial charge in [-0.1, -0.05) is 12.2 Å². The van der Waals surface area contributed by atoms with Crippen molar-refractivity contribution in [2.45, 2.75) is 52.0 Å². The van der Waals surface area contributed by atoms with Crippen molar-refractivity contribution in [1.29, 1.82) is 0 Å². The Hall–Kier alpha value is -1.89. The minimum Gasteiger partial charge on any atom is -0.357 e. The lowest BCUT2D eigenvalue weighted by Gasteiger charge is -2.33. The molecule has 0 unspecified atom stereocenters. The van der Waals surface area contributed by atoms with Gasteiger partial charge in [0, 0.05) is 51.6 Å². The van der Waals surface area contributed by atoms with Gasteiger partial charge in [-0.25, -0.2) is 0 Å². The number of hydrogen-bond donors (Lipinski definition) is 2. The normalized spacial score (nSPS) is 20.4. The summed E-state index contributed by atoms with van der Waals surface area (Å²) >= 11 is 0. The molecule has 0 aromatic carbocycles. The molecular formula is C19H33N5O2. The van der Waals surface area contributed by atoms with Crippen molar-refractivity contribution in [3.8, 4) is 0 Å².